The average Bonchev–Trinajstić information content (AvgIpc) is 3.73. The predicted octanol–water partition coefficient (Wildman–Crippen LogP) is 7.38. The molecule has 2 aliphatic carbocycles. The molecule has 4 aromatic carbocycles. The first-order chi connectivity index (χ1) is 21.2. The van der Waals surface area contributed by atoms with Crippen molar-refractivity contribution in [2.75, 3.05) is 0 Å². The third-order valence-corrected chi connectivity index (χ3v) is 13.8. The monoisotopic (exact) mass is 596 g/mol. The van der Waals surface area contributed by atoms with Gasteiger partial charge < -0.3 is 5.32 Å². The van der Waals surface area contributed by atoms with Crippen LogP contribution in [0.3, 0.4) is 0 Å². The van der Waals surface area contributed by atoms with Gasteiger partial charge in [-0.3, -0.25) is 4.99 Å². The molecular formula is C39H38N2P2. The van der Waals surface area contributed by atoms with E-state index < -0.39 is 15.8 Å². The smallest absolute Gasteiger partial charge is 0.0919 e. The first-order valence-electron chi connectivity index (χ1n) is 15.0. The van der Waals surface area contributed by atoms with Crippen LogP contribution in [-0.4, -0.2) is 29.7 Å². The van der Waals surface area contributed by atoms with Crippen LogP contribution in [0.2, 0.25) is 0 Å². The van der Waals surface area contributed by atoms with Crippen molar-refractivity contribution in [2.45, 2.75) is 37.2 Å². The van der Waals surface area contributed by atoms with E-state index in [1.54, 1.807) is 0 Å². The fourth-order valence-electron chi connectivity index (χ4n) is 6.10. The Kier molecular flexibility index (Phi) is 9.59. The van der Waals surface area contributed by atoms with Gasteiger partial charge in [-0.1, -0.05) is 172 Å². The van der Waals surface area contributed by atoms with Gasteiger partial charge in [0.05, 0.1) is 18.4 Å². The van der Waals surface area contributed by atoms with Gasteiger partial charge >= 0.3 is 0 Å². The molecule has 4 aromatic rings. The molecule has 6 rings (SSSR count). The number of hydrogen-bond donors (Lipinski definition) is 1. The number of rotatable bonds is 11. The molecule has 4 atom stereocenters. The summed E-state index contributed by atoms with van der Waals surface area (Å²) in [4.78, 5) is 5.08. The van der Waals surface area contributed by atoms with E-state index in [-0.39, 0.29) is 12.1 Å². The highest BCUT2D eigenvalue weighted by Crippen LogP contribution is 2.46. The molecule has 0 amide bonds. The zero-order valence-corrected chi connectivity index (χ0v) is 26.5. The highest BCUT2D eigenvalue weighted by atomic mass is 31.1. The third kappa shape index (κ3) is 6.73. The van der Waals surface area contributed by atoms with Crippen molar-refractivity contribution < 1.29 is 0 Å². The maximum absolute atomic E-state index is 5.08. The average molecular weight is 597 g/mol. The number of nitrogens with zero attached hydrogens (tertiary/aromatic N) is 1. The van der Waals surface area contributed by atoms with Crippen LogP contribution in [0, 0.1) is 0 Å². The summed E-state index contributed by atoms with van der Waals surface area (Å²) in [6.07, 6.45) is 15.4. The van der Waals surface area contributed by atoms with Crippen LogP contribution in [0.25, 0.3) is 0 Å². The summed E-state index contributed by atoms with van der Waals surface area (Å²) in [7, 11) is -1.11. The van der Waals surface area contributed by atoms with E-state index in [0.717, 1.165) is 0 Å². The largest absolute Gasteiger partial charge is 0.366 e. The van der Waals surface area contributed by atoms with Gasteiger partial charge in [-0.25, -0.2) is 0 Å². The SMILES string of the molecule is C[C@H](C1=CC=CC1N=CNC1C=CC=C1[C@@H](C)P(c1ccccc1)c1ccccc1)P(c1ccccc1)c1ccccc1. The van der Waals surface area contributed by atoms with Gasteiger partial charge in [-0.15, -0.1) is 0 Å². The molecule has 214 valence electrons. The second-order valence-corrected chi connectivity index (χ2v) is 16.0. The summed E-state index contributed by atoms with van der Waals surface area (Å²) in [6.45, 7) is 4.76. The van der Waals surface area contributed by atoms with Gasteiger partial charge in [-0.05, 0) is 48.2 Å². The van der Waals surface area contributed by atoms with E-state index in [4.69, 9.17) is 4.99 Å². The minimum absolute atomic E-state index is 0.0425. The Morgan fingerprint density at radius 3 is 1.42 bits per heavy atom. The van der Waals surface area contributed by atoms with E-state index >= 15 is 0 Å². The normalized spacial score (nSPS) is 19.2. The Hall–Kier alpha value is -3.83. The maximum atomic E-state index is 5.08. The molecular weight excluding hydrogens is 558 g/mol. The number of allylic oxidation sites excluding steroid dienone is 4. The Morgan fingerprint density at radius 2 is 0.953 bits per heavy atom. The molecule has 0 spiro atoms. The second-order valence-electron chi connectivity index (χ2n) is 10.9. The fraction of sp³-hybridized carbons (Fsp3) is 0.154. The zero-order valence-electron chi connectivity index (χ0n) is 24.7. The summed E-state index contributed by atoms with van der Waals surface area (Å²) in [5.74, 6) is 0. The lowest BCUT2D eigenvalue weighted by atomic mass is 10.1. The minimum Gasteiger partial charge on any atom is -0.366 e. The first kappa shape index (κ1) is 29.3. The van der Waals surface area contributed by atoms with Crippen molar-refractivity contribution in [2.24, 2.45) is 4.99 Å². The van der Waals surface area contributed by atoms with Crippen molar-refractivity contribution in [1.29, 1.82) is 0 Å². The molecule has 2 nitrogen and oxygen atoms in total. The molecule has 0 saturated heterocycles. The topological polar surface area (TPSA) is 24.4 Å². The number of aliphatic imine (C=N–C) groups is 1. The molecule has 0 heterocycles. The predicted molar refractivity (Wildman–Crippen MR) is 191 cm³/mol. The van der Waals surface area contributed by atoms with Crippen LogP contribution >= 0.6 is 15.8 Å². The molecule has 0 saturated carbocycles. The molecule has 43 heavy (non-hydrogen) atoms. The van der Waals surface area contributed by atoms with Crippen LogP contribution in [0.1, 0.15) is 13.8 Å². The summed E-state index contributed by atoms with van der Waals surface area (Å²) in [6, 6.07) is 44.1. The van der Waals surface area contributed by atoms with Gasteiger partial charge in [0.25, 0.3) is 0 Å². The summed E-state index contributed by atoms with van der Waals surface area (Å²) >= 11 is 0. The van der Waals surface area contributed by atoms with Crippen LogP contribution < -0.4 is 26.5 Å². The zero-order chi connectivity index (χ0) is 29.4. The molecule has 4 heteroatoms. The molecule has 2 aliphatic rings. The van der Waals surface area contributed by atoms with E-state index in [0.29, 0.717) is 11.3 Å². The van der Waals surface area contributed by atoms with Crippen LogP contribution in [0.15, 0.2) is 174 Å². The first-order valence-corrected chi connectivity index (χ1v) is 17.9. The van der Waals surface area contributed by atoms with Crippen molar-refractivity contribution >= 4 is 43.4 Å². The van der Waals surface area contributed by atoms with Gasteiger partial charge in [0.1, 0.15) is 0 Å². The van der Waals surface area contributed by atoms with Crippen LogP contribution in [0.5, 0.6) is 0 Å². The molecule has 0 fully saturated rings. The third-order valence-electron chi connectivity index (χ3n) is 8.24. The molecule has 2 unspecified atom stereocenters. The van der Waals surface area contributed by atoms with Crippen molar-refractivity contribution in [3.63, 3.8) is 0 Å². The quantitative estimate of drug-likeness (QED) is 0.109. The lowest BCUT2D eigenvalue weighted by molar-refractivity contribution is 0.809. The van der Waals surface area contributed by atoms with Gasteiger partial charge in [0, 0.05) is 11.3 Å². The highest BCUT2D eigenvalue weighted by Gasteiger charge is 2.30. The van der Waals surface area contributed by atoms with Crippen LogP contribution in [-0.2, 0) is 0 Å². The molecule has 1 N–H and O–H groups in total. The van der Waals surface area contributed by atoms with Gasteiger partial charge in [0.2, 0.25) is 0 Å². The van der Waals surface area contributed by atoms with E-state index in [1.807, 2.05) is 6.34 Å². The Morgan fingerprint density at radius 1 is 0.558 bits per heavy atom. The Balaban J connectivity index is 1.18. The van der Waals surface area contributed by atoms with Crippen molar-refractivity contribution in [3.05, 3.63) is 169 Å². The molecule has 0 bridgehead atoms. The number of nitrogens with one attached hydrogen (secondary N) is 1. The van der Waals surface area contributed by atoms with Crippen molar-refractivity contribution in [1.82, 2.24) is 5.32 Å². The number of hydrogen-bond acceptors (Lipinski definition) is 1. The maximum Gasteiger partial charge on any atom is 0.0919 e. The van der Waals surface area contributed by atoms with E-state index in [2.05, 4.69) is 177 Å². The Labute approximate surface area is 259 Å². The summed E-state index contributed by atoms with van der Waals surface area (Å²) < 4.78 is 0. The van der Waals surface area contributed by atoms with Gasteiger partial charge in [0.15, 0.2) is 0 Å². The Bertz CT molecular complexity index is 1550. The molecule has 0 aromatic heterocycles. The fourth-order valence-corrected chi connectivity index (χ4v) is 11.5. The van der Waals surface area contributed by atoms with Crippen molar-refractivity contribution in [3.8, 4) is 0 Å². The number of benzene rings is 4. The summed E-state index contributed by atoms with van der Waals surface area (Å²) in [5.41, 5.74) is 3.52. The van der Waals surface area contributed by atoms with Crippen LogP contribution in [0.4, 0.5) is 0 Å². The van der Waals surface area contributed by atoms with E-state index in [1.165, 1.54) is 32.4 Å². The molecule has 0 aliphatic heterocycles. The van der Waals surface area contributed by atoms with E-state index in [9.17, 15) is 0 Å². The standard InChI is InChI=1S/C39H38N2P2/c1-30(42(32-17-7-3-8-18-32)33-19-9-4-10-20-33)36-25-15-27-38(36)40-29-41-39-28-16-26-37(39)31(2)43(34-21-11-5-12-22-34)35-23-13-6-14-24-35/h3-31,38-39H,1-2H3,(H,40,41)/t30-,31-,38?,39?/m1/s1. The highest BCUT2D eigenvalue weighted by molar-refractivity contribution is 7.74. The molecule has 0 radical (unpaired) electrons. The van der Waals surface area contributed by atoms with Gasteiger partial charge in [-0.2, -0.15) is 0 Å². The summed E-state index contributed by atoms with van der Waals surface area (Å²) in [5, 5.41) is 9.27. The lowest BCUT2D eigenvalue weighted by Gasteiger charge is -2.30. The second kappa shape index (κ2) is 14.1. The lowest BCUT2D eigenvalue weighted by Crippen LogP contribution is -2.33. The minimum atomic E-state index is -0.562.